The first-order valence-electron chi connectivity index (χ1n) is 3.13. The molecule has 0 saturated carbocycles. The van der Waals surface area contributed by atoms with Gasteiger partial charge in [0.25, 0.3) is 0 Å². The summed E-state index contributed by atoms with van der Waals surface area (Å²) in [5, 5.41) is 9.91. The van der Waals surface area contributed by atoms with Gasteiger partial charge in [-0.15, -0.1) is 0 Å². The first-order chi connectivity index (χ1) is 5.70. The number of hydrogen-bond acceptors (Lipinski definition) is 1. The van der Waals surface area contributed by atoms with E-state index in [1.807, 2.05) is 0 Å². The minimum Gasteiger partial charge on any atom is -0.192 e. The second-order valence-corrected chi connectivity index (χ2v) is 3.93. The van der Waals surface area contributed by atoms with E-state index < -0.39 is 0 Å². The Kier molecular flexibility index (Phi) is 3.57. The highest BCUT2D eigenvalue weighted by Crippen LogP contribution is 2.30. The van der Waals surface area contributed by atoms with Gasteiger partial charge in [0.15, 0.2) is 0 Å². The van der Waals surface area contributed by atoms with Gasteiger partial charge < -0.3 is 0 Å². The summed E-state index contributed by atoms with van der Waals surface area (Å²) in [6.07, 6.45) is 0. The Morgan fingerprint density at radius 2 is 2.17 bits per heavy atom. The zero-order chi connectivity index (χ0) is 9.14. The molecule has 0 aliphatic carbocycles. The monoisotopic (exact) mass is 307 g/mol. The molecule has 0 spiro atoms. The number of nitriles is 1. The SMILES string of the molecule is N#Cc1ccc(Br)c(Cl)c1CBr. The molecule has 0 saturated heterocycles. The van der Waals surface area contributed by atoms with Crippen LogP contribution < -0.4 is 0 Å². The summed E-state index contributed by atoms with van der Waals surface area (Å²) >= 11 is 12.5. The van der Waals surface area contributed by atoms with Gasteiger partial charge in [-0.1, -0.05) is 27.5 Å². The molecule has 0 aliphatic heterocycles. The average Bonchev–Trinajstić information content (AvgIpc) is 2.09. The predicted octanol–water partition coefficient (Wildman–Crippen LogP) is 3.87. The van der Waals surface area contributed by atoms with Crippen molar-refractivity contribution < 1.29 is 0 Å². The molecule has 0 bridgehead atoms. The van der Waals surface area contributed by atoms with Crippen LogP contribution in [0.4, 0.5) is 0 Å². The van der Waals surface area contributed by atoms with E-state index in [0.717, 1.165) is 10.0 Å². The molecule has 12 heavy (non-hydrogen) atoms. The lowest BCUT2D eigenvalue weighted by molar-refractivity contribution is 1.36. The fourth-order valence-corrected chi connectivity index (χ4v) is 2.17. The fraction of sp³-hybridized carbons (Fsp3) is 0.125. The summed E-state index contributed by atoms with van der Waals surface area (Å²) in [5.41, 5.74) is 1.44. The Balaban J connectivity index is 3.38. The molecule has 0 unspecified atom stereocenters. The first kappa shape index (κ1) is 10.0. The summed E-state index contributed by atoms with van der Waals surface area (Å²) in [5.74, 6) is 0. The second kappa shape index (κ2) is 4.27. The van der Waals surface area contributed by atoms with Crippen LogP contribution in [0.1, 0.15) is 11.1 Å². The lowest BCUT2D eigenvalue weighted by atomic mass is 10.1. The van der Waals surface area contributed by atoms with Crippen LogP contribution in [0.15, 0.2) is 16.6 Å². The van der Waals surface area contributed by atoms with Gasteiger partial charge in [-0.05, 0) is 28.1 Å². The van der Waals surface area contributed by atoms with E-state index in [1.54, 1.807) is 12.1 Å². The highest BCUT2D eigenvalue weighted by atomic mass is 79.9. The summed E-state index contributed by atoms with van der Waals surface area (Å²) in [4.78, 5) is 0. The maximum Gasteiger partial charge on any atom is 0.0995 e. The summed E-state index contributed by atoms with van der Waals surface area (Å²) in [6.45, 7) is 0. The predicted molar refractivity (Wildman–Crippen MR) is 56.5 cm³/mol. The summed E-state index contributed by atoms with van der Waals surface area (Å²) < 4.78 is 0.817. The molecule has 1 nitrogen and oxygen atoms in total. The van der Waals surface area contributed by atoms with Crippen molar-refractivity contribution >= 4 is 43.5 Å². The standard InChI is InChI=1S/C8H4Br2ClN/c9-3-6-5(4-12)1-2-7(10)8(6)11/h1-2H,3H2. The molecule has 4 heteroatoms. The molecular weight excluding hydrogens is 305 g/mol. The van der Waals surface area contributed by atoms with Crippen LogP contribution in [0.25, 0.3) is 0 Å². The highest BCUT2D eigenvalue weighted by Gasteiger charge is 2.08. The summed E-state index contributed by atoms with van der Waals surface area (Å²) in [7, 11) is 0. The van der Waals surface area contributed by atoms with Gasteiger partial charge in [0.2, 0.25) is 0 Å². The van der Waals surface area contributed by atoms with Crippen molar-refractivity contribution in [3.05, 3.63) is 32.8 Å². The molecular formula is C8H4Br2ClN. The second-order valence-electron chi connectivity index (χ2n) is 2.13. The lowest BCUT2D eigenvalue weighted by Gasteiger charge is -2.03. The number of hydrogen-bond donors (Lipinski definition) is 0. The fourth-order valence-electron chi connectivity index (χ4n) is 0.828. The minimum absolute atomic E-state index is 0.591. The molecule has 0 atom stereocenters. The normalized spacial score (nSPS) is 9.50. The Morgan fingerprint density at radius 3 is 2.67 bits per heavy atom. The van der Waals surface area contributed by atoms with Crippen LogP contribution in [-0.2, 0) is 5.33 Å². The quantitative estimate of drug-likeness (QED) is 0.723. The molecule has 0 radical (unpaired) electrons. The molecule has 0 amide bonds. The molecule has 1 aromatic carbocycles. The molecule has 1 rings (SSSR count). The molecule has 0 heterocycles. The molecule has 0 aromatic heterocycles. The van der Waals surface area contributed by atoms with Crippen LogP contribution >= 0.6 is 43.5 Å². The van der Waals surface area contributed by atoms with Crippen molar-refractivity contribution in [3.63, 3.8) is 0 Å². The van der Waals surface area contributed by atoms with Crippen molar-refractivity contribution in [1.82, 2.24) is 0 Å². The van der Waals surface area contributed by atoms with Gasteiger partial charge in [-0.3, -0.25) is 0 Å². The van der Waals surface area contributed by atoms with Gasteiger partial charge >= 0.3 is 0 Å². The average molecular weight is 309 g/mol. The maximum absolute atomic E-state index is 8.72. The Hall–Kier alpha value is -0.0400. The molecule has 0 N–H and O–H groups in total. The van der Waals surface area contributed by atoms with Crippen molar-refractivity contribution in [1.29, 1.82) is 5.26 Å². The van der Waals surface area contributed by atoms with Gasteiger partial charge in [0, 0.05) is 15.4 Å². The molecule has 62 valence electrons. The maximum atomic E-state index is 8.72. The minimum atomic E-state index is 0.591. The lowest BCUT2D eigenvalue weighted by Crippen LogP contribution is -1.87. The van der Waals surface area contributed by atoms with E-state index in [4.69, 9.17) is 16.9 Å². The van der Waals surface area contributed by atoms with Crippen molar-refractivity contribution in [2.24, 2.45) is 0 Å². The van der Waals surface area contributed by atoms with Gasteiger partial charge in [0.1, 0.15) is 0 Å². The van der Waals surface area contributed by atoms with E-state index in [-0.39, 0.29) is 0 Å². The Labute approximate surface area is 92.6 Å². The van der Waals surface area contributed by atoms with Crippen molar-refractivity contribution in [2.75, 3.05) is 0 Å². The van der Waals surface area contributed by atoms with E-state index in [9.17, 15) is 0 Å². The third-order valence-corrected chi connectivity index (χ3v) is 3.33. The number of halogens is 3. The van der Waals surface area contributed by atoms with E-state index >= 15 is 0 Å². The van der Waals surface area contributed by atoms with Crippen molar-refractivity contribution in [3.8, 4) is 6.07 Å². The van der Waals surface area contributed by atoms with Crippen LogP contribution in [-0.4, -0.2) is 0 Å². The van der Waals surface area contributed by atoms with E-state index in [2.05, 4.69) is 37.9 Å². The third kappa shape index (κ3) is 1.82. The van der Waals surface area contributed by atoms with E-state index in [0.29, 0.717) is 15.9 Å². The first-order valence-corrected chi connectivity index (χ1v) is 5.43. The Bertz CT molecular complexity index is 344. The number of alkyl halides is 1. The zero-order valence-corrected chi connectivity index (χ0v) is 9.87. The van der Waals surface area contributed by atoms with Crippen LogP contribution in [0.3, 0.4) is 0 Å². The van der Waals surface area contributed by atoms with E-state index in [1.165, 1.54) is 0 Å². The van der Waals surface area contributed by atoms with Crippen LogP contribution in [0.2, 0.25) is 5.02 Å². The van der Waals surface area contributed by atoms with Gasteiger partial charge in [-0.25, -0.2) is 0 Å². The molecule has 0 fully saturated rings. The number of nitrogens with zero attached hydrogens (tertiary/aromatic N) is 1. The number of rotatable bonds is 1. The Morgan fingerprint density at radius 1 is 1.50 bits per heavy atom. The van der Waals surface area contributed by atoms with Gasteiger partial charge in [0.05, 0.1) is 16.7 Å². The zero-order valence-electron chi connectivity index (χ0n) is 5.94. The molecule has 1 aromatic rings. The van der Waals surface area contributed by atoms with Crippen LogP contribution in [0, 0.1) is 11.3 Å². The highest BCUT2D eigenvalue weighted by molar-refractivity contribution is 9.10. The topological polar surface area (TPSA) is 23.8 Å². The third-order valence-electron chi connectivity index (χ3n) is 1.45. The van der Waals surface area contributed by atoms with Gasteiger partial charge in [-0.2, -0.15) is 5.26 Å². The van der Waals surface area contributed by atoms with Crippen LogP contribution in [0.5, 0.6) is 0 Å². The van der Waals surface area contributed by atoms with Crippen molar-refractivity contribution in [2.45, 2.75) is 5.33 Å². The summed E-state index contributed by atoms with van der Waals surface area (Å²) in [6, 6.07) is 5.59. The smallest absolute Gasteiger partial charge is 0.0995 e. The largest absolute Gasteiger partial charge is 0.192 e. The number of benzene rings is 1. The molecule has 0 aliphatic rings.